The number of benzene rings is 1. The number of hydrogen-bond donors (Lipinski definition) is 1. The summed E-state index contributed by atoms with van der Waals surface area (Å²) in [6, 6.07) is 9.64. The summed E-state index contributed by atoms with van der Waals surface area (Å²) in [6.45, 7) is 1.65. The SMILES string of the molecule is O=C(NCC#Cc1ccccc1)N1CCC(c2nc(C3CC3)no2)C1. The molecule has 1 atom stereocenters. The largest absolute Gasteiger partial charge is 0.339 e. The summed E-state index contributed by atoms with van der Waals surface area (Å²) < 4.78 is 5.38. The molecule has 1 unspecified atom stereocenters. The molecule has 2 amide bonds. The van der Waals surface area contributed by atoms with Crippen LogP contribution in [-0.4, -0.2) is 40.7 Å². The van der Waals surface area contributed by atoms with Crippen molar-refractivity contribution >= 4 is 6.03 Å². The average molecular weight is 336 g/mol. The molecule has 4 rings (SSSR count). The topological polar surface area (TPSA) is 71.3 Å². The summed E-state index contributed by atoms with van der Waals surface area (Å²) in [6.07, 6.45) is 3.17. The quantitative estimate of drug-likeness (QED) is 0.874. The van der Waals surface area contributed by atoms with Gasteiger partial charge in [0.2, 0.25) is 5.89 Å². The van der Waals surface area contributed by atoms with E-state index in [9.17, 15) is 4.79 Å². The zero-order valence-electron chi connectivity index (χ0n) is 13.9. The Balaban J connectivity index is 1.26. The molecule has 0 bridgehead atoms. The number of nitrogens with one attached hydrogen (secondary N) is 1. The predicted octanol–water partition coefficient (Wildman–Crippen LogP) is 2.50. The van der Waals surface area contributed by atoms with Crippen molar-refractivity contribution < 1.29 is 9.32 Å². The molecule has 128 valence electrons. The summed E-state index contributed by atoms with van der Waals surface area (Å²) in [5.41, 5.74) is 0.945. The fraction of sp³-hybridized carbons (Fsp3) is 0.421. The lowest BCUT2D eigenvalue weighted by atomic mass is 10.1. The number of urea groups is 1. The Morgan fingerprint density at radius 2 is 2.08 bits per heavy atom. The summed E-state index contributed by atoms with van der Waals surface area (Å²) in [4.78, 5) is 18.5. The van der Waals surface area contributed by atoms with Gasteiger partial charge in [-0.2, -0.15) is 4.98 Å². The normalized spacial score (nSPS) is 19.4. The minimum Gasteiger partial charge on any atom is -0.339 e. The molecule has 6 heteroatoms. The zero-order valence-corrected chi connectivity index (χ0v) is 13.9. The van der Waals surface area contributed by atoms with E-state index in [0.717, 1.165) is 30.7 Å². The van der Waals surface area contributed by atoms with Crippen LogP contribution in [0.5, 0.6) is 0 Å². The Labute approximate surface area is 146 Å². The number of aromatic nitrogens is 2. The molecule has 2 heterocycles. The molecule has 0 spiro atoms. The van der Waals surface area contributed by atoms with Crippen molar-refractivity contribution in [2.75, 3.05) is 19.6 Å². The summed E-state index contributed by atoms with van der Waals surface area (Å²) in [7, 11) is 0. The van der Waals surface area contributed by atoms with E-state index >= 15 is 0 Å². The lowest BCUT2D eigenvalue weighted by Gasteiger charge is -2.15. The van der Waals surface area contributed by atoms with Crippen molar-refractivity contribution in [1.29, 1.82) is 0 Å². The van der Waals surface area contributed by atoms with Crippen molar-refractivity contribution in [1.82, 2.24) is 20.4 Å². The van der Waals surface area contributed by atoms with Crippen LogP contribution < -0.4 is 5.32 Å². The van der Waals surface area contributed by atoms with E-state index in [1.807, 2.05) is 30.3 Å². The smallest absolute Gasteiger partial charge is 0.318 e. The molecule has 6 nitrogen and oxygen atoms in total. The number of likely N-dealkylation sites (tertiary alicyclic amines) is 1. The summed E-state index contributed by atoms with van der Waals surface area (Å²) in [5, 5.41) is 6.91. The van der Waals surface area contributed by atoms with Crippen LogP contribution in [0.2, 0.25) is 0 Å². The monoisotopic (exact) mass is 336 g/mol. The third-order valence-electron chi connectivity index (χ3n) is 4.56. The number of carbonyl (C=O) groups excluding carboxylic acids is 1. The summed E-state index contributed by atoms with van der Waals surface area (Å²) in [5.74, 6) is 8.12. The van der Waals surface area contributed by atoms with Crippen molar-refractivity contribution in [2.24, 2.45) is 0 Å². The molecule has 1 aromatic heterocycles. The first-order valence-electron chi connectivity index (χ1n) is 8.70. The first kappa shape index (κ1) is 15.7. The van der Waals surface area contributed by atoms with E-state index in [2.05, 4.69) is 27.3 Å². The average Bonchev–Trinajstić information content (AvgIpc) is 3.18. The fourth-order valence-corrected chi connectivity index (χ4v) is 2.97. The van der Waals surface area contributed by atoms with Gasteiger partial charge in [-0.15, -0.1) is 0 Å². The van der Waals surface area contributed by atoms with Crippen LogP contribution in [0.4, 0.5) is 4.79 Å². The first-order chi connectivity index (χ1) is 12.3. The van der Waals surface area contributed by atoms with E-state index in [-0.39, 0.29) is 11.9 Å². The molecular weight excluding hydrogens is 316 g/mol. The van der Waals surface area contributed by atoms with Crippen molar-refractivity contribution in [3.8, 4) is 11.8 Å². The molecule has 2 fully saturated rings. The Morgan fingerprint density at radius 3 is 2.88 bits per heavy atom. The molecule has 1 N–H and O–H groups in total. The Bertz CT molecular complexity index is 802. The van der Waals surface area contributed by atoms with Crippen LogP contribution >= 0.6 is 0 Å². The van der Waals surface area contributed by atoms with Crippen LogP contribution in [0.1, 0.15) is 48.4 Å². The number of carbonyl (C=O) groups is 1. The molecule has 1 saturated carbocycles. The van der Waals surface area contributed by atoms with Gasteiger partial charge in [0.1, 0.15) is 0 Å². The van der Waals surface area contributed by atoms with Gasteiger partial charge in [-0.1, -0.05) is 35.2 Å². The van der Waals surface area contributed by atoms with Gasteiger partial charge in [0, 0.05) is 24.6 Å². The van der Waals surface area contributed by atoms with Crippen LogP contribution in [0, 0.1) is 11.8 Å². The van der Waals surface area contributed by atoms with E-state index in [1.165, 1.54) is 0 Å². The van der Waals surface area contributed by atoms with E-state index < -0.39 is 0 Å². The van der Waals surface area contributed by atoms with Crippen LogP contribution in [0.15, 0.2) is 34.9 Å². The molecule has 25 heavy (non-hydrogen) atoms. The van der Waals surface area contributed by atoms with Gasteiger partial charge >= 0.3 is 6.03 Å². The highest BCUT2D eigenvalue weighted by molar-refractivity contribution is 5.74. The molecule has 1 aromatic carbocycles. The van der Waals surface area contributed by atoms with Gasteiger partial charge in [-0.05, 0) is 31.4 Å². The zero-order chi connectivity index (χ0) is 17.1. The number of amides is 2. The highest BCUT2D eigenvalue weighted by Gasteiger charge is 2.34. The van der Waals surface area contributed by atoms with Gasteiger partial charge in [-0.25, -0.2) is 4.79 Å². The molecular formula is C19H20N4O2. The number of hydrogen-bond acceptors (Lipinski definition) is 4. The van der Waals surface area contributed by atoms with Gasteiger partial charge in [0.05, 0.1) is 12.5 Å². The first-order valence-corrected chi connectivity index (χ1v) is 8.70. The van der Waals surface area contributed by atoms with Crippen LogP contribution in [-0.2, 0) is 0 Å². The second-order valence-corrected chi connectivity index (χ2v) is 6.52. The molecule has 1 saturated heterocycles. The Morgan fingerprint density at radius 1 is 1.24 bits per heavy atom. The standard InChI is InChI=1S/C19H20N4O2/c24-19(20-11-4-7-14-5-2-1-3-6-14)23-12-10-16(13-23)18-21-17(22-25-18)15-8-9-15/h1-3,5-6,15-16H,8-13H2,(H,20,24). The maximum absolute atomic E-state index is 12.2. The highest BCUT2D eigenvalue weighted by Crippen LogP contribution is 2.39. The minimum atomic E-state index is -0.0909. The van der Waals surface area contributed by atoms with Crippen molar-refractivity contribution in [2.45, 2.75) is 31.1 Å². The lowest BCUT2D eigenvalue weighted by Crippen LogP contribution is -2.38. The molecule has 2 aromatic rings. The molecule has 2 aliphatic rings. The maximum atomic E-state index is 12.2. The molecule has 1 aliphatic heterocycles. The third-order valence-corrected chi connectivity index (χ3v) is 4.56. The number of nitrogens with zero attached hydrogens (tertiary/aromatic N) is 3. The van der Waals surface area contributed by atoms with E-state index in [1.54, 1.807) is 4.90 Å². The number of rotatable bonds is 3. The predicted molar refractivity (Wildman–Crippen MR) is 91.9 cm³/mol. The fourth-order valence-electron chi connectivity index (χ4n) is 2.97. The van der Waals surface area contributed by atoms with Crippen LogP contribution in [0.3, 0.4) is 0 Å². The lowest BCUT2D eigenvalue weighted by molar-refractivity contribution is 0.209. The molecule has 1 aliphatic carbocycles. The van der Waals surface area contributed by atoms with Crippen molar-refractivity contribution in [3.05, 3.63) is 47.6 Å². The second kappa shape index (κ2) is 6.98. The van der Waals surface area contributed by atoms with Crippen LogP contribution in [0.25, 0.3) is 0 Å². The highest BCUT2D eigenvalue weighted by atomic mass is 16.5. The van der Waals surface area contributed by atoms with E-state index in [0.29, 0.717) is 31.4 Å². The van der Waals surface area contributed by atoms with Gasteiger partial charge < -0.3 is 14.7 Å². The van der Waals surface area contributed by atoms with E-state index in [4.69, 9.17) is 4.52 Å². The maximum Gasteiger partial charge on any atom is 0.318 e. The van der Waals surface area contributed by atoms with Gasteiger partial charge in [0.25, 0.3) is 0 Å². The second-order valence-electron chi connectivity index (χ2n) is 6.52. The third kappa shape index (κ3) is 3.82. The van der Waals surface area contributed by atoms with Gasteiger partial charge in [0.15, 0.2) is 5.82 Å². The Kier molecular flexibility index (Phi) is 4.38. The minimum absolute atomic E-state index is 0.0909. The summed E-state index contributed by atoms with van der Waals surface area (Å²) >= 11 is 0. The molecule has 0 radical (unpaired) electrons. The van der Waals surface area contributed by atoms with Crippen molar-refractivity contribution in [3.63, 3.8) is 0 Å². The Hall–Kier alpha value is -2.81. The van der Waals surface area contributed by atoms with Gasteiger partial charge in [-0.3, -0.25) is 0 Å².